The highest BCUT2D eigenvalue weighted by molar-refractivity contribution is 5.73. The zero-order valence-corrected chi connectivity index (χ0v) is 10.9. The van der Waals surface area contributed by atoms with Crippen molar-refractivity contribution in [2.75, 3.05) is 7.05 Å². The summed E-state index contributed by atoms with van der Waals surface area (Å²) < 4.78 is 31.3. The minimum Gasteiger partial charge on any atom is -0.467 e. The molecule has 2 amide bonds. The maximum absolute atomic E-state index is 13.5. The first-order valence-corrected chi connectivity index (χ1v) is 6.01. The molecule has 4 nitrogen and oxygen atoms in total. The van der Waals surface area contributed by atoms with Crippen molar-refractivity contribution < 1.29 is 18.0 Å². The highest BCUT2D eigenvalue weighted by Crippen LogP contribution is 2.11. The quantitative estimate of drug-likeness (QED) is 0.936. The van der Waals surface area contributed by atoms with E-state index in [2.05, 4.69) is 5.32 Å². The second kappa shape index (κ2) is 6.18. The second-order valence-electron chi connectivity index (χ2n) is 4.33. The SMILES string of the molecule is CN(Cc1ccc(F)cc1F)C(=O)NCc1ccco1. The van der Waals surface area contributed by atoms with Gasteiger partial charge in [-0.15, -0.1) is 0 Å². The number of benzene rings is 1. The fourth-order valence-corrected chi connectivity index (χ4v) is 1.69. The average Bonchev–Trinajstić information content (AvgIpc) is 2.92. The van der Waals surface area contributed by atoms with Crippen LogP contribution < -0.4 is 5.32 Å². The van der Waals surface area contributed by atoms with Gasteiger partial charge in [-0.1, -0.05) is 6.07 Å². The standard InChI is InChI=1S/C14H14F2N2O2/c1-18(9-10-4-5-11(15)7-13(10)16)14(19)17-8-12-3-2-6-20-12/h2-7H,8-9H2,1H3,(H,17,19). The van der Waals surface area contributed by atoms with Gasteiger partial charge in [0.15, 0.2) is 0 Å². The molecule has 0 unspecified atom stereocenters. The van der Waals surface area contributed by atoms with Gasteiger partial charge >= 0.3 is 6.03 Å². The van der Waals surface area contributed by atoms with Gasteiger partial charge in [0.2, 0.25) is 0 Å². The van der Waals surface area contributed by atoms with E-state index in [1.807, 2.05) is 0 Å². The Hall–Kier alpha value is -2.37. The van der Waals surface area contributed by atoms with E-state index in [1.54, 1.807) is 12.1 Å². The number of carbonyl (C=O) groups is 1. The molecule has 0 saturated heterocycles. The molecule has 0 fully saturated rings. The third kappa shape index (κ3) is 3.57. The Morgan fingerprint density at radius 1 is 1.35 bits per heavy atom. The lowest BCUT2D eigenvalue weighted by atomic mass is 10.2. The van der Waals surface area contributed by atoms with Gasteiger partial charge in [0.25, 0.3) is 0 Å². The lowest BCUT2D eigenvalue weighted by Crippen LogP contribution is -2.36. The molecule has 0 saturated carbocycles. The van der Waals surface area contributed by atoms with Crippen LogP contribution in [-0.4, -0.2) is 18.0 Å². The van der Waals surface area contributed by atoms with Crippen molar-refractivity contribution in [3.8, 4) is 0 Å². The van der Waals surface area contributed by atoms with Crippen molar-refractivity contribution in [3.63, 3.8) is 0 Å². The maximum atomic E-state index is 13.5. The van der Waals surface area contributed by atoms with E-state index in [4.69, 9.17) is 4.42 Å². The predicted octanol–water partition coefficient (Wildman–Crippen LogP) is 2.90. The van der Waals surface area contributed by atoms with Gasteiger partial charge < -0.3 is 14.6 Å². The Balaban J connectivity index is 1.90. The van der Waals surface area contributed by atoms with Crippen LogP contribution in [0.5, 0.6) is 0 Å². The van der Waals surface area contributed by atoms with Gasteiger partial charge in [-0.05, 0) is 18.2 Å². The molecule has 106 valence electrons. The number of halogens is 2. The van der Waals surface area contributed by atoms with Crippen LogP contribution in [0.25, 0.3) is 0 Å². The lowest BCUT2D eigenvalue weighted by Gasteiger charge is -2.18. The van der Waals surface area contributed by atoms with Crippen molar-refractivity contribution in [2.45, 2.75) is 13.1 Å². The Bertz CT molecular complexity index is 585. The van der Waals surface area contributed by atoms with E-state index in [0.717, 1.165) is 12.1 Å². The molecule has 1 N–H and O–H groups in total. The summed E-state index contributed by atoms with van der Waals surface area (Å²) in [6.45, 7) is 0.304. The van der Waals surface area contributed by atoms with E-state index >= 15 is 0 Å². The first-order chi connectivity index (χ1) is 9.56. The first-order valence-electron chi connectivity index (χ1n) is 6.01. The van der Waals surface area contributed by atoms with Gasteiger partial charge in [0.05, 0.1) is 12.8 Å². The van der Waals surface area contributed by atoms with Crippen LogP contribution in [0.2, 0.25) is 0 Å². The van der Waals surface area contributed by atoms with E-state index in [1.165, 1.54) is 24.3 Å². The van der Waals surface area contributed by atoms with E-state index < -0.39 is 11.6 Å². The molecule has 0 radical (unpaired) electrons. The van der Waals surface area contributed by atoms with Gasteiger partial charge in [-0.3, -0.25) is 0 Å². The van der Waals surface area contributed by atoms with Gasteiger partial charge in [0.1, 0.15) is 17.4 Å². The Kier molecular flexibility index (Phi) is 4.34. The Morgan fingerprint density at radius 2 is 2.15 bits per heavy atom. The smallest absolute Gasteiger partial charge is 0.317 e. The summed E-state index contributed by atoms with van der Waals surface area (Å²) >= 11 is 0. The molecule has 0 atom stereocenters. The number of hydrogen-bond acceptors (Lipinski definition) is 2. The molecule has 0 aliphatic heterocycles. The fourth-order valence-electron chi connectivity index (χ4n) is 1.69. The molecule has 1 aromatic carbocycles. The number of urea groups is 1. The molecule has 20 heavy (non-hydrogen) atoms. The summed E-state index contributed by atoms with van der Waals surface area (Å²) in [7, 11) is 1.53. The number of nitrogens with zero attached hydrogens (tertiary/aromatic N) is 1. The van der Waals surface area contributed by atoms with Crippen LogP contribution in [0.4, 0.5) is 13.6 Å². The molecule has 0 spiro atoms. The molecule has 0 bridgehead atoms. The minimum atomic E-state index is -0.671. The van der Waals surface area contributed by atoms with Crippen LogP contribution in [0.15, 0.2) is 41.0 Å². The summed E-state index contributed by atoms with van der Waals surface area (Å²) in [5.41, 5.74) is 0.252. The number of furan rings is 1. The molecule has 1 heterocycles. The van der Waals surface area contributed by atoms with Crippen LogP contribution in [0.3, 0.4) is 0 Å². The highest BCUT2D eigenvalue weighted by Gasteiger charge is 2.12. The Morgan fingerprint density at radius 3 is 2.80 bits per heavy atom. The summed E-state index contributed by atoms with van der Waals surface area (Å²) in [5, 5.41) is 2.63. The van der Waals surface area contributed by atoms with E-state index in [0.29, 0.717) is 5.76 Å². The molecular weight excluding hydrogens is 266 g/mol. The monoisotopic (exact) mass is 280 g/mol. The third-order valence-electron chi connectivity index (χ3n) is 2.76. The minimum absolute atomic E-state index is 0.0517. The van der Waals surface area contributed by atoms with E-state index in [9.17, 15) is 13.6 Å². The molecule has 0 aliphatic carbocycles. The first kappa shape index (κ1) is 14.0. The summed E-state index contributed by atoms with van der Waals surface area (Å²) in [5.74, 6) is -0.688. The molecule has 2 aromatic rings. The molecule has 1 aromatic heterocycles. The predicted molar refractivity (Wildman–Crippen MR) is 68.8 cm³/mol. The number of rotatable bonds is 4. The molecule has 2 rings (SSSR count). The largest absolute Gasteiger partial charge is 0.467 e. The molecular formula is C14H14F2N2O2. The van der Waals surface area contributed by atoms with Crippen molar-refractivity contribution in [1.82, 2.24) is 10.2 Å². The van der Waals surface area contributed by atoms with E-state index in [-0.39, 0.29) is 24.7 Å². The van der Waals surface area contributed by atoms with Gasteiger partial charge in [-0.25, -0.2) is 13.6 Å². The summed E-state index contributed by atoms with van der Waals surface area (Å²) in [4.78, 5) is 13.1. The van der Waals surface area contributed by atoms with Crippen molar-refractivity contribution in [3.05, 3.63) is 59.6 Å². The topological polar surface area (TPSA) is 45.5 Å². The van der Waals surface area contributed by atoms with Crippen LogP contribution in [0.1, 0.15) is 11.3 Å². The van der Waals surface area contributed by atoms with Gasteiger partial charge in [-0.2, -0.15) is 0 Å². The Labute approximate surface area is 115 Å². The van der Waals surface area contributed by atoms with Crippen LogP contribution in [0, 0.1) is 11.6 Å². The zero-order valence-electron chi connectivity index (χ0n) is 10.9. The summed E-state index contributed by atoms with van der Waals surface area (Å²) in [6, 6.07) is 6.36. The lowest BCUT2D eigenvalue weighted by molar-refractivity contribution is 0.205. The number of nitrogens with one attached hydrogen (secondary N) is 1. The normalized spacial score (nSPS) is 10.3. The van der Waals surface area contributed by atoms with Gasteiger partial charge in [0, 0.05) is 25.2 Å². The maximum Gasteiger partial charge on any atom is 0.317 e. The van der Waals surface area contributed by atoms with Crippen molar-refractivity contribution in [2.24, 2.45) is 0 Å². The third-order valence-corrected chi connectivity index (χ3v) is 2.76. The number of amides is 2. The molecule has 0 aliphatic rings. The van der Waals surface area contributed by atoms with Crippen LogP contribution >= 0.6 is 0 Å². The van der Waals surface area contributed by atoms with Crippen molar-refractivity contribution in [1.29, 1.82) is 0 Å². The number of hydrogen-bond donors (Lipinski definition) is 1. The highest BCUT2D eigenvalue weighted by atomic mass is 19.1. The summed E-state index contributed by atoms with van der Waals surface area (Å²) in [6.07, 6.45) is 1.51. The number of carbonyl (C=O) groups excluding carboxylic acids is 1. The zero-order chi connectivity index (χ0) is 14.5. The van der Waals surface area contributed by atoms with Crippen LogP contribution in [-0.2, 0) is 13.1 Å². The van der Waals surface area contributed by atoms with Crippen molar-refractivity contribution >= 4 is 6.03 Å². The second-order valence-corrected chi connectivity index (χ2v) is 4.33. The average molecular weight is 280 g/mol. The molecule has 6 heteroatoms. The fraction of sp³-hybridized carbons (Fsp3) is 0.214.